The molecule has 35 heavy (non-hydrogen) atoms. The normalized spacial score (nSPS) is 11.8. The summed E-state index contributed by atoms with van der Waals surface area (Å²) in [6, 6.07) is 8.35. The van der Waals surface area contributed by atoms with E-state index in [1.165, 1.54) is 24.3 Å². The van der Waals surface area contributed by atoms with Gasteiger partial charge in [0.05, 0.1) is 27.3 Å². The number of benzene rings is 2. The maximum atomic E-state index is 12.8. The minimum atomic E-state index is -0.494. The number of nitrogens with zero attached hydrogens (tertiary/aromatic N) is 3. The highest BCUT2D eigenvalue weighted by molar-refractivity contribution is 7.99. The first-order valence-corrected chi connectivity index (χ1v) is 12.1. The van der Waals surface area contributed by atoms with Crippen LogP contribution in [0.5, 0.6) is 0 Å². The smallest absolute Gasteiger partial charge is 0.269 e. The number of halogens is 2. The van der Waals surface area contributed by atoms with Crippen LogP contribution >= 0.6 is 35.0 Å². The third-order valence-electron chi connectivity index (χ3n) is 4.93. The van der Waals surface area contributed by atoms with E-state index in [0.29, 0.717) is 27.3 Å². The van der Waals surface area contributed by atoms with Gasteiger partial charge < -0.3 is 10.6 Å². The van der Waals surface area contributed by atoms with Crippen molar-refractivity contribution in [3.05, 3.63) is 73.5 Å². The van der Waals surface area contributed by atoms with Crippen LogP contribution in [-0.2, 0) is 4.79 Å². The summed E-state index contributed by atoms with van der Waals surface area (Å²) in [7, 11) is 0. The first-order chi connectivity index (χ1) is 16.5. The summed E-state index contributed by atoms with van der Waals surface area (Å²) < 4.78 is 0. The molecule has 184 valence electrons. The molecule has 10 nitrogen and oxygen atoms in total. The lowest BCUT2D eigenvalue weighted by molar-refractivity contribution is -0.384. The minimum Gasteiger partial charge on any atom is -0.342 e. The van der Waals surface area contributed by atoms with Gasteiger partial charge in [-0.3, -0.25) is 24.8 Å². The highest BCUT2D eigenvalue weighted by Crippen LogP contribution is 2.25. The molecule has 2 aromatic carbocycles. The number of carbonyl (C=O) groups is 2. The molecule has 3 N–H and O–H groups in total. The lowest BCUT2D eigenvalue weighted by atomic mass is 10.0. The van der Waals surface area contributed by atoms with Crippen LogP contribution in [0.25, 0.3) is 0 Å². The number of thioether (sulfide) groups is 1. The van der Waals surface area contributed by atoms with Crippen LogP contribution in [0.4, 0.5) is 11.4 Å². The number of nitro groups is 1. The maximum Gasteiger partial charge on any atom is 0.269 e. The van der Waals surface area contributed by atoms with Crippen LogP contribution in [0.2, 0.25) is 10.0 Å². The summed E-state index contributed by atoms with van der Waals surface area (Å²) in [6.07, 6.45) is 0. The Morgan fingerprint density at radius 3 is 2.57 bits per heavy atom. The summed E-state index contributed by atoms with van der Waals surface area (Å²) in [5.41, 5.74) is 1.30. The number of rotatable bonds is 9. The molecular formula is C22H22Cl2N6O4S. The first-order valence-electron chi connectivity index (χ1n) is 10.4. The highest BCUT2D eigenvalue weighted by Gasteiger charge is 2.24. The number of non-ortho nitro benzene ring substituents is 1. The Hall–Kier alpha value is -3.15. The van der Waals surface area contributed by atoms with Gasteiger partial charge in [-0.05, 0) is 42.7 Å². The van der Waals surface area contributed by atoms with Gasteiger partial charge in [0.25, 0.3) is 11.6 Å². The van der Waals surface area contributed by atoms with Gasteiger partial charge in [-0.1, -0.05) is 48.8 Å². The van der Waals surface area contributed by atoms with Gasteiger partial charge in [-0.15, -0.1) is 5.10 Å². The van der Waals surface area contributed by atoms with E-state index in [-0.39, 0.29) is 39.8 Å². The van der Waals surface area contributed by atoms with Gasteiger partial charge in [-0.25, -0.2) is 4.98 Å². The van der Waals surface area contributed by atoms with Crippen LogP contribution in [0.1, 0.15) is 41.6 Å². The van der Waals surface area contributed by atoms with Crippen molar-refractivity contribution < 1.29 is 14.5 Å². The first kappa shape index (κ1) is 26.5. The number of amides is 2. The van der Waals surface area contributed by atoms with Gasteiger partial charge in [-0.2, -0.15) is 0 Å². The van der Waals surface area contributed by atoms with Crippen LogP contribution < -0.4 is 10.6 Å². The molecule has 0 unspecified atom stereocenters. The van der Waals surface area contributed by atoms with Crippen molar-refractivity contribution in [1.82, 2.24) is 20.5 Å². The molecule has 13 heteroatoms. The maximum absolute atomic E-state index is 12.8. The second-order valence-electron chi connectivity index (χ2n) is 7.92. The number of H-pyrrole nitrogens is 1. The van der Waals surface area contributed by atoms with Crippen LogP contribution in [0, 0.1) is 23.0 Å². The number of aromatic nitrogens is 3. The average Bonchev–Trinajstić information content (AvgIpc) is 3.25. The van der Waals surface area contributed by atoms with Gasteiger partial charge >= 0.3 is 0 Å². The Morgan fingerprint density at radius 2 is 1.94 bits per heavy atom. The third-order valence-corrected chi connectivity index (χ3v) is 6.33. The number of nitro benzene ring substituents is 1. The van der Waals surface area contributed by atoms with Crippen molar-refractivity contribution in [3.8, 4) is 0 Å². The van der Waals surface area contributed by atoms with E-state index in [1.807, 2.05) is 13.8 Å². The number of anilines is 1. The molecule has 1 heterocycles. The van der Waals surface area contributed by atoms with E-state index >= 15 is 0 Å². The molecule has 1 atom stereocenters. The molecule has 0 radical (unpaired) electrons. The fraction of sp³-hybridized carbons (Fsp3) is 0.273. The molecule has 0 aliphatic rings. The van der Waals surface area contributed by atoms with E-state index < -0.39 is 11.0 Å². The molecule has 0 saturated carbocycles. The predicted molar refractivity (Wildman–Crippen MR) is 135 cm³/mol. The second kappa shape index (κ2) is 11.5. The Morgan fingerprint density at radius 1 is 1.20 bits per heavy atom. The number of aromatic amines is 1. The fourth-order valence-electron chi connectivity index (χ4n) is 3.12. The van der Waals surface area contributed by atoms with Crippen LogP contribution in [-0.4, -0.2) is 37.7 Å². The predicted octanol–water partition coefficient (Wildman–Crippen LogP) is 5.19. The molecule has 0 aliphatic carbocycles. The summed E-state index contributed by atoms with van der Waals surface area (Å²) >= 11 is 13.2. The topological polar surface area (TPSA) is 143 Å². The Kier molecular flexibility index (Phi) is 8.71. The van der Waals surface area contributed by atoms with Crippen molar-refractivity contribution >= 4 is 58.2 Å². The zero-order valence-corrected chi connectivity index (χ0v) is 21.3. The second-order valence-corrected chi connectivity index (χ2v) is 9.70. The number of carbonyl (C=O) groups excluding carboxylic acids is 2. The lowest BCUT2D eigenvalue weighted by Gasteiger charge is -2.20. The highest BCUT2D eigenvalue weighted by atomic mass is 35.5. The van der Waals surface area contributed by atoms with Crippen molar-refractivity contribution in [1.29, 1.82) is 0 Å². The molecule has 1 aromatic heterocycles. The number of hydrogen-bond donors (Lipinski definition) is 3. The summed E-state index contributed by atoms with van der Waals surface area (Å²) in [5.74, 6) is -0.262. The molecule has 3 rings (SSSR count). The van der Waals surface area contributed by atoms with E-state index in [2.05, 4.69) is 25.8 Å². The molecule has 2 amide bonds. The summed E-state index contributed by atoms with van der Waals surface area (Å²) in [5, 5.41) is 24.4. The molecule has 0 spiro atoms. The Balaban J connectivity index is 1.62. The quantitative estimate of drug-likeness (QED) is 0.194. The van der Waals surface area contributed by atoms with Crippen molar-refractivity contribution in [3.63, 3.8) is 0 Å². The largest absolute Gasteiger partial charge is 0.342 e. The van der Waals surface area contributed by atoms with E-state index in [0.717, 1.165) is 11.8 Å². The Labute approximate surface area is 215 Å². The van der Waals surface area contributed by atoms with Crippen molar-refractivity contribution in [2.24, 2.45) is 5.92 Å². The number of aryl methyl sites for hydroxylation is 1. The van der Waals surface area contributed by atoms with Crippen molar-refractivity contribution in [2.45, 2.75) is 32.0 Å². The zero-order chi connectivity index (χ0) is 25.7. The van der Waals surface area contributed by atoms with Crippen LogP contribution in [0.3, 0.4) is 0 Å². The Bertz CT molecular complexity index is 1270. The molecule has 0 bridgehead atoms. The van der Waals surface area contributed by atoms with Gasteiger partial charge in [0.15, 0.2) is 0 Å². The molecule has 3 aromatic rings. The van der Waals surface area contributed by atoms with Crippen molar-refractivity contribution in [2.75, 3.05) is 11.1 Å². The number of nitrogens with one attached hydrogen (secondary N) is 3. The van der Waals surface area contributed by atoms with Gasteiger partial charge in [0.2, 0.25) is 11.1 Å². The molecule has 0 saturated heterocycles. The molecular weight excluding hydrogens is 515 g/mol. The van der Waals surface area contributed by atoms with Crippen LogP contribution in [0.15, 0.2) is 41.6 Å². The van der Waals surface area contributed by atoms with E-state index in [1.54, 1.807) is 19.1 Å². The van der Waals surface area contributed by atoms with E-state index in [4.69, 9.17) is 23.2 Å². The number of hydrogen-bond acceptors (Lipinski definition) is 7. The SMILES string of the molecule is Cc1cc([N+](=O)[O-])ccc1NC(=O)CSc1n[nH]c([C@@H](NC(=O)c2ccc(Cl)cc2Cl)C(C)C)n1. The minimum absolute atomic E-state index is 0.0206. The molecule has 0 aliphatic heterocycles. The van der Waals surface area contributed by atoms with E-state index in [9.17, 15) is 19.7 Å². The summed E-state index contributed by atoms with van der Waals surface area (Å²) in [6.45, 7) is 5.52. The zero-order valence-electron chi connectivity index (χ0n) is 19.0. The fourth-order valence-corrected chi connectivity index (χ4v) is 4.22. The average molecular weight is 537 g/mol. The molecule has 0 fully saturated rings. The lowest BCUT2D eigenvalue weighted by Crippen LogP contribution is -2.32. The van der Waals surface area contributed by atoms with Gasteiger partial charge in [0, 0.05) is 22.8 Å². The third kappa shape index (κ3) is 6.93. The summed E-state index contributed by atoms with van der Waals surface area (Å²) in [4.78, 5) is 39.9. The van der Waals surface area contributed by atoms with Gasteiger partial charge in [0.1, 0.15) is 5.82 Å². The standard InChI is InChI=1S/C22H22Cl2N6O4S/c1-11(2)19(26-21(32)15-6-4-13(23)9-16(15)24)20-27-22(29-28-20)35-10-18(31)25-17-7-5-14(30(33)34)8-12(17)3/h4-9,11,19H,10H2,1-3H3,(H,25,31)(H,26,32)(H,27,28,29)/t19-/m0/s1. The monoisotopic (exact) mass is 536 g/mol.